The standard InChI is InChI=1S/C19H18IN/c1-21(2)17-11-8-15(9-12-17)7-10-16-13-14-20-19-6-4-3-5-18(16)19/h3-14H,1-2H3/b10-7-. The number of hydrogen-bond donors (Lipinski definition) is 0. The normalized spacial score (nSPS) is 13.5. The molecular formula is C19H18IN. The first-order chi connectivity index (χ1) is 10.2. The molecule has 2 aromatic rings. The molecule has 1 aliphatic rings. The molecular weight excluding hydrogens is 369 g/mol. The van der Waals surface area contributed by atoms with Crippen molar-refractivity contribution >= 4 is 42.1 Å². The highest BCUT2D eigenvalue weighted by atomic mass is 127. The Morgan fingerprint density at radius 3 is 2.43 bits per heavy atom. The quantitative estimate of drug-likeness (QED) is 0.684. The average molecular weight is 387 g/mol. The summed E-state index contributed by atoms with van der Waals surface area (Å²) in [6.07, 6.45) is 6.68. The van der Waals surface area contributed by atoms with E-state index < -0.39 is 0 Å². The summed E-state index contributed by atoms with van der Waals surface area (Å²) < 4.78 is 3.86. The van der Waals surface area contributed by atoms with E-state index in [1.54, 1.807) is 0 Å². The molecule has 0 aromatic heterocycles. The van der Waals surface area contributed by atoms with E-state index in [0.29, 0.717) is 0 Å². The smallest absolute Gasteiger partial charge is 0.0361 e. The van der Waals surface area contributed by atoms with Crippen LogP contribution < -0.4 is 4.90 Å². The molecule has 0 radical (unpaired) electrons. The number of fused-ring (bicyclic) bond motifs is 1. The fourth-order valence-corrected chi connectivity index (χ4v) is 4.46. The molecule has 0 saturated heterocycles. The minimum atomic E-state index is 0.0485. The summed E-state index contributed by atoms with van der Waals surface area (Å²) >= 11 is 0.0485. The van der Waals surface area contributed by atoms with Gasteiger partial charge in [0.2, 0.25) is 0 Å². The molecule has 0 atom stereocenters. The van der Waals surface area contributed by atoms with Gasteiger partial charge in [0.1, 0.15) is 0 Å². The van der Waals surface area contributed by atoms with Crippen molar-refractivity contribution in [3.05, 3.63) is 75.4 Å². The fraction of sp³-hybridized carbons (Fsp3) is 0.105. The number of halogens is 1. The lowest BCUT2D eigenvalue weighted by atomic mass is 10.0. The van der Waals surface area contributed by atoms with Gasteiger partial charge in [0.15, 0.2) is 0 Å². The maximum absolute atomic E-state index is 2.34. The predicted molar refractivity (Wildman–Crippen MR) is 103 cm³/mol. The minimum Gasteiger partial charge on any atom is -0.378 e. The van der Waals surface area contributed by atoms with E-state index in [1.807, 2.05) is 0 Å². The molecule has 0 spiro atoms. The molecule has 1 heterocycles. The molecule has 0 saturated carbocycles. The Bertz CT molecular complexity index is 721. The Morgan fingerprint density at radius 1 is 0.905 bits per heavy atom. The van der Waals surface area contributed by atoms with E-state index in [9.17, 15) is 0 Å². The Balaban J connectivity index is 1.84. The predicted octanol–water partition coefficient (Wildman–Crippen LogP) is 4.81. The highest BCUT2D eigenvalue weighted by Gasteiger charge is 2.05. The second-order valence-corrected chi connectivity index (χ2v) is 7.66. The van der Waals surface area contributed by atoms with Gasteiger partial charge in [0.25, 0.3) is 0 Å². The van der Waals surface area contributed by atoms with Crippen LogP contribution in [0.4, 0.5) is 5.69 Å². The number of rotatable bonds is 3. The molecule has 1 aliphatic heterocycles. The van der Waals surface area contributed by atoms with E-state index >= 15 is 0 Å². The Kier molecular flexibility index (Phi) is 4.34. The summed E-state index contributed by atoms with van der Waals surface area (Å²) in [7, 11) is 4.13. The van der Waals surface area contributed by atoms with Crippen molar-refractivity contribution in [3.63, 3.8) is 0 Å². The van der Waals surface area contributed by atoms with E-state index in [-0.39, 0.29) is 20.7 Å². The van der Waals surface area contributed by atoms with Crippen LogP contribution in [0, 0.1) is 3.57 Å². The van der Waals surface area contributed by atoms with Gasteiger partial charge in [-0.1, -0.05) is 63.2 Å². The summed E-state index contributed by atoms with van der Waals surface area (Å²) in [4.78, 5) is 2.12. The molecule has 0 bridgehead atoms. The van der Waals surface area contributed by atoms with Crippen molar-refractivity contribution in [1.82, 2.24) is 0 Å². The number of allylic oxidation sites excluding steroid dienone is 3. The molecule has 0 N–H and O–H groups in total. The van der Waals surface area contributed by atoms with Gasteiger partial charge < -0.3 is 4.90 Å². The zero-order chi connectivity index (χ0) is 14.7. The van der Waals surface area contributed by atoms with Gasteiger partial charge >= 0.3 is 0 Å². The van der Waals surface area contributed by atoms with E-state index in [2.05, 4.69) is 89.8 Å². The van der Waals surface area contributed by atoms with E-state index in [0.717, 1.165) is 0 Å². The van der Waals surface area contributed by atoms with Crippen LogP contribution in [0.2, 0.25) is 0 Å². The van der Waals surface area contributed by atoms with Crippen LogP contribution in [0.15, 0.2) is 60.7 Å². The van der Waals surface area contributed by atoms with Crippen molar-refractivity contribution in [2.24, 2.45) is 0 Å². The van der Waals surface area contributed by atoms with Crippen LogP contribution in [0.1, 0.15) is 11.1 Å². The largest absolute Gasteiger partial charge is 0.378 e. The number of benzene rings is 2. The van der Waals surface area contributed by atoms with Crippen LogP contribution in [0.25, 0.3) is 11.6 Å². The molecule has 0 fully saturated rings. The van der Waals surface area contributed by atoms with Crippen molar-refractivity contribution in [2.45, 2.75) is 0 Å². The lowest BCUT2D eigenvalue weighted by Crippen LogP contribution is -2.07. The van der Waals surface area contributed by atoms with Crippen LogP contribution in [-0.4, -0.2) is 18.1 Å². The maximum Gasteiger partial charge on any atom is 0.0361 e. The molecule has 0 amide bonds. The lowest BCUT2D eigenvalue weighted by molar-refractivity contribution is 1.13. The first-order valence-electron chi connectivity index (χ1n) is 6.96. The Hall–Kier alpha value is -1.68. The van der Waals surface area contributed by atoms with Crippen LogP contribution in [0.5, 0.6) is 0 Å². The first kappa shape index (κ1) is 14.3. The summed E-state index contributed by atoms with van der Waals surface area (Å²) in [6, 6.07) is 17.4. The van der Waals surface area contributed by atoms with Gasteiger partial charge in [-0.05, 0) is 45.0 Å². The topological polar surface area (TPSA) is 3.24 Å². The third-order valence-corrected chi connectivity index (χ3v) is 5.80. The molecule has 0 aliphatic carbocycles. The monoisotopic (exact) mass is 387 g/mol. The first-order valence-corrected chi connectivity index (χ1v) is 9.28. The fourth-order valence-electron chi connectivity index (χ4n) is 2.26. The van der Waals surface area contributed by atoms with Gasteiger partial charge in [0, 0.05) is 23.4 Å². The minimum absolute atomic E-state index is 0.0485. The Morgan fingerprint density at radius 2 is 1.67 bits per heavy atom. The molecule has 3 rings (SSSR count). The number of nitrogens with zero attached hydrogens (tertiary/aromatic N) is 1. The molecule has 2 heteroatoms. The van der Waals surface area contributed by atoms with Gasteiger partial charge in [-0.15, -0.1) is 0 Å². The van der Waals surface area contributed by atoms with Crippen LogP contribution >= 0.6 is 20.7 Å². The molecule has 106 valence electrons. The molecule has 0 unspecified atom stereocenters. The van der Waals surface area contributed by atoms with Crippen LogP contribution in [-0.2, 0) is 0 Å². The van der Waals surface area contributed by atoms with Gasteiger partial charge in [-0.2, -0.15) is 0 Å². The molecule has 21 heavy (non-hydrogen) atoms. The summed E-state index contributed by atoms with van der Waals surface area (Å²) in [5, 5.41) is 0. The molecule has 1 nitrogen and oxygen atoms in total. The van der Waals surface area contributed by atoms with Crippen molar-refractivity contribution in [1.29, 1.82) is 0 Å². The highest BCUT2D eigenvalue weighted by Crippen LogP contribution is 2.28. The van der Waals surface area contributed by atoms with Crippen molar-refractivity contribution in [2.75, 3.05) is 19.0 Å². The number of anilines is 1. The third kappa shape index (κ3) is 3.32. The summed E-state index contributed by atoms with van der Waals surface area (Å²) in [5.74, 6) is 0. The second kappa shape index (κ2) is 6.39. The van der Waals surface area contributed by atoms with Gasteiger partial charge in [0.05, 0.1) is 0 Å². The number of hydrogen-bond acceptors (Lipinski definition) is 1. The molecule has 2 aromatic carbocycles. The third-order valence-electron chi connectivity index (χ3n) is 3.47. The van der Waals surface area contributed by atoms with Gasteiger partial charge in [-0.3, -0.25) is 0 Å². The second-order valence-electron chi connectivity index (χ2n) is 5.16. The maximum atomic E-state index is 2.34. The van der Waals surface area contributed by atoms with Crippen molar-refractivity contribution in [3.8, 4) is 0 Å². The SMILES string of the molecule is CN(C)c1ccc(/C=C\C2=CC=Ic3ccccc32)cc1. The highest BCUT2D eigenvalue weighted by molar-refractivity contribution is 14.2. The van der Waals surface area contributed by atoms with Crippen molar-refractivity contribution < 1.29 is 0 Å². The van der Waals surface area contributed by atoms with Crippen LogP contribution in [0.3, 0.4) is 0 Å². The van der Waals surface area contributed by atoms with E-state index in [4.69, 9.17) is 0 Å². The van der Waals surface area contributed by atoms with Gasteiger partial charge in [-0.25, -0.2) is 0 Å². The zero-order valence-corrected chi connectivity index (χ0v) is 14.4. The zero-order valence-electron chi connectivity index (χ0n) is 12.3. The summed E-state index contributed by atoms with van der Waals surface area (Å²) in [6.45, 7) is 0. The average Bonchev–Trinajstić information content (AvgIpc) is 2.53. The Labute approximate surface area is 136 Å². The lowest BCUT2D eigenvalue weighted by Gasteiger charge is -2.12. The van der Waals surface area contributed by atoms with E-state index in [1.165, 1.54) is 26.0 Å². The summed E-state index contributed by atoms with van der Waals surface area (Å²) in [5.41, 5.74) is 5.17.